The molecule has 2 atom stereocenters. The highest BCUT2D eigenvalue weighted by Gasteiger charge is 2.35. The number of hydrogen-bond donors (Lipinski definition) is 1. The van der Waals surface area contributed by atoms with E-state index in [2.05, 4.69) is 10.1 Å². The van der Waals surface area contributed by atoms with Crippen LogP contribution in [0.15, 0.2) is 24.7 Å². The third-order valence-electron chi connectivity index (χ3n) is 4.55. The number of likely N-dealkylation sites (tertiary alicyclic amines) is 1. The maximum Gasteiger partial charge on any atom is 0.410 e. The standard InChI is InChI=1S/C20H26FN5O4/c1-20(2,3)30-19(28)26-6-5-16(15(21)11-26)29-18-14(17(22)27)7-12(8-23-18)13-9-24-25(4)10-13/h7-10,15-16H,5-6,11H2,1-4H3,(H2,22,27)/t15-,16-/m0/s1. The fourth-order valence-corrected chi connectivity index (χ4v) is 3.10. The molecule has 0 aromatic carbocycles. The number of aromatic nitrogens is 3. The molecular formula is C20H26FN5O4. The number of carbonyl (C=O) groups excluding carboxylic acids is 2. The van der Waals surface area contributed by atoms with Crippen LogP contribution in [0.25, 0.3) is 11.1 Å². The number of aryl methyl sites for hydroxylation is 1. The predicted octanol–water partition coefficient (Wildman–Crippen LogP) is 2.31. The van der Waals surface area contributed by atoms with Crippen LogP contribution < -0.4 is 10.5 Å². The number of carbonyl (C=O) groups is 2. The lowest BCUT2D eigenvalue weighted by Crippen LogP contribution is -2.50. The number of piperidine rings is 1. The average molecular weight is 419 g/mol. The molecule has 0 aliphatic carbocycles. The van der Waals surface area contributed by atoms with Crippen molar-refractivity contribution in [2.45, 2.75) is 45.1 Å². The molecule has 2 N–H and O–H groups in total. The van der Waals surface area contributed by atoms with Crippen LogP contribution in [0.4, 0.5) is 9.18 Å². The summed E-state index contributed by atoms with van der Waals surface area (Å²) in [5.74, 6) is -0.765. The van der Waals surface area contributed by atoms with Gasteiger partial charge in [0.05, 0.1) is 12.7 Å². The molecule has 1 saturated heterocycles. The number of amides is 2. The summed E-state index contributed by atoms with van der Waals surface area (Å²) in [7, 11) is 1.77. The minimum absolute atomic E-state index is 0.0338. The second kappa shape index (κ2) is 8.29. The summed E-state index contributed by atoms with van der Waals surface area (Å²) in [5, 5.41) is 4.09. The normalized spacial score (nSPS) is 19.4. The monoisotopic (exact) mass is 419 g/mol. The Balaban J connectivity index is 1.72. The van der Waals surface area contributed by atoms with E-state index in [1.165, 1.54) is 11.1 Å². The van der Waals surface area contributed by atoms with Crippen LogP contribution in [0.1, 0.15) is 37.6 Å². The summed E-state index contributed by atoms with van der Waals surface area (Å²) < 4.78 is 27.3. The molecule has 1 aliphatic rings. The summed E-state index contributed by atoms with van der Waals surface area (Å²) in [6.45, 7) is 5.35. The second-order valence-electron chi connectivity index (χ2n) is 8.23. The van der Waals surface area contributed by atoms with Gasteiger partial charge >= 0.3 is 6.09 Å². The van der Waals surface area contributed by atoms with Gasteiger partial charge in [0.1, 0.15) is 17.3 Å². The van der Waals surface area contributed by atoms with E-state index in [0.717, 1.165) is 5.56 Å². The highest BCUT2D eigenvalue weighted by atomic mass is 19.1. The summed E-state index contributed by atoms with van der Waals surface area (Å²) in [4.78, 5) is 29.6. The van der Waals surface area contributed by atoms with E-state index < -0.39 is 29.9 Å². The lowest BCUT2D eigenvalue weighted by atomic mass is 10.1. The summed E-state index contributed by atoms with van der Waals surface area (Å²) in [6, 6.07) is 1.55. The Morgan fingerprint density at radius 3 is 2.57 bits per heavy atom. The van der Waals surface area contributed by atoms with Gasteiger partial charge in [-0.05, 0) is 26.8 Å². The molecule has 0 unspecified atom stereocenters. The Bertz CT molecular complexity index is 940. The van der Waals surface area contributed by atoms with Gasteiger partial charge in [0.2, 0.25) is 5.88 Å². The van der Waals surface area contributed by atoms with E-state index in [-0.39, 0.29) is 31.0 Å². The van der Waals surface area contributed by atoms with E-state index in [1.807, 2.05) is 0 Å². The third-order valence-corrected chi connectivity index (χ3v) is 4.55. The smallest absolute Gasteiger partial charge is 0.410 e. The molecule has 0 spiro atoms. The zero-order valence-corrected chi connectivity index (χ0v) is 17.5. The first-order valence-corrected chi connectivity index (χ1v) is 9.61. The number of nitrogens with two attached hydrogens (primary N) is 1. The number of ether oxygens (including phenoxy) is 2. The molecule has 9 nitrogen and oxygen atoms in total. The first-order chi connectivity index (χ1) is 14.0. The minimum Gasteiger partial charge on any atom is -0.471 e. The number of halogens is 1. The quantitative estimate of drug-likeness (QED) is 0.814. The van der Waals surface area contributed by atoms with Gasteiger partial charge in [-0.3, -0.25) is 9.48 Å². The Morgan fingerprint density at radius 2 is 2.00 bits per heavy atom. The number of hydrogen-bond acceptors (Lipinski definition) is 6. The molecule has 2 aromatic rings. The number of primary amides is 1. The molecule has 2 aromatic heterocycles. The lowest BCUT2D eigenvalue weighted by Gasteiger charge is -2.35. The van der Waals surface area contributed by atoms with Crippen molar-refractivity contribution < 1.29 is 23.5 Å². The zero-order valence-electron chi connectivity index (χ0n) is 17.5. The van der Waals surface area contributed by atoms with Crippen molar-refractivity contribution in [1.29, 1.82) is 0 Å². The molecule has 0 saturated carbocycles. The summed E-state index contributed by atoms with van der Waals surface area (Å²) in [5.41, 5.74) is 6.27. The summed E-state index contributed by atoms with van der Waals surface area (Å²) in [6.07, 6.45) is 2.25. The van der Waals surface area contributed by atoms with Crippen LogP contribution in [0.3, 0.4) is 0 Å². The first-order valence-electron chi connectivity index (χ1n) is 9.61. The van der Waals surface area contributed by atoms with Crippen LogP contribution in [0.5, 0.6) is 5.88 Å². The molecular weight excluding hydrogens is 393 g/mol. The van der Waals surface area contributed by atoms with Crippen LogP contribution >= 0.6 is 0 Å². The van der Waals surface area contributed by atoms with E-state index in [9.17, 15) is 14.0 Å². The number of alkyl halides is 1. The van der Waals surface area contributed by atoms with Gasteiger partial charge < -0.3 is 20.1 Å². The fourth-order valence-electron chi connectivity index (χ4n) is 3.10. The van der Waals surface area contributed by atoms with Gasteiger partial charge in [-0.1, -0.05) is 0 Å². The molecule has 1 fully saturated rings. The Labute approximate surface area is 174 Å². The van der Waals surface area contributed by atoms with Gasteiger partial charge in [-0.15, -0.1) is 0 Å². The van der Waals surface area contributed by atoms with Crippen molar-refractivity contribution in [2.75, 3.05) is 13.1 Å². The Hall–Kier alpha value is -3.17. The second-order valence-corrected chi connectivity index (χ2v) is 8.23. The maximum absolute atomic E-state index is 14.7. The van der Waals surface area contributed by atoms with Gasteiger partial charge in [0.15, 0.2) is 6.17 Å². The van der Waals surface area contributed by atoms with Crippen molar-refractivity contribution in [3.63, 3.8) is 0 Å². The molecule has 30 heavy (non-hydrogen) atoms. The van der Waals surface area contributed by atoms with Gasteiger partial charge in [-0.2, -0.15) is 5.10 Å². The molecule has 2 amide bonds. The average Bonchev–Trinajstić information content (AvgIpc) is 3.08. The van der Waals surface area contributed by atoms with Crippen molar-refractivity contribution in [2.24, 2.45) is 12.8 Å². The SMILES string of the molecule is Cn1cc(-c2cnc(O[C@H]3CCN(C(=O)OC(C)(C)C)C[C@@H]3F)c(C(N)=O)c2)cn1. The van der Waals surface area contributed by atoms with Crippen LogP contribution in [-0.4, -0.2) is 62.6 Å². The van der Waals surface area contributed by atoms with E-state index in [1.54, 1.807) is 51.0 Å². The predicted molar refractivity (Wildman–Crippen MR) is 107 cm³/mol. The Morgan fingerprint density at radius 1 is 1.27 bits per heavy atom. The van der Waals surface area contributed by atoms with Gasteiger partial charge in [0, 0.05) is 43.5 Å². The first kappa shape index (κ1) is 21.5. The molecule has 0 bridgehead atoms. The third kappa shape index (κ3) is 5.05. The molecule has 1 aliphatic heterocycles. The number of rotatable bonds is 4. The van der Waals surface area contributed by atoms with Gasteiger partial charge in [-0.25, -0.2) is 14.2 Å². The molecule has 3 heterocycles. The molecule has 162 valence electrons. The van der Waals surface area contributed by atoms with Crippen LogP contribution in [-0.2, 0) is 11.8 Å². The van der Waals surface area contributed by atoms with E-state index >= 15 is 0 Å². The van der Waals surface area contributed by atoms with Crippen molar-refractivity contribution in [3.8, 4) is 17.0 Å². The van der Waals surface area contributed by atoms with Crippen molar-refractivity contribution in [3.05, 3.63) is 30.2 Å². The van der Waals surface area contributed by atoms with E-state index in [4.69, 9.17) is 15.2 Å². The number of nitrogens with zero attached hydrogens (tertiary/aromatic N) is 4. The van der Waals surface area contributed by atoms with Crippen molar-refractivity contribution in [1.82, 2.24) is 19.7 Å². The highest BCUT2D eigenvalue weighted by Crippen LogP contribution is 2.27. The molecule has 10 heteroatoms. The van der Waals surface area contributed by atoms with Gasteiger partial charge in [0.25, 0.3) is 5.91 Å². The van der Waals surface area contributed by atoms with E-state index in [0.29, 0.717) is 5.56 Å². The van der Waals surface area contributed by atoms with Crippen LogP contribution in [0.2, 0.25) is 0 Å². The lowest BCUT2D eigenvalue weighted by molar-refractivity contribution is -0.0115. The Kier molecular flexibility index (Phi) is 5.95. The zero-order chi connectivity index (χ0) is 22.1. The van der Waals surface area contributed by atoms with Crippen molar-refractivity contribution >= 4 is 12.0 Å². The largest absolute Gasteiger partial charge is 0.471 e. The molecule has 0 radical (unpaired) electrons. The summed E-state index contributed by atoms with van der Waals surface area (Å²) >= 11 is 0. The highest BCUT2D eigenvalue weighted by molar-refractivity contribution is 5.96. The fraction of sp³-hybridized carbons (Fsp3) is 0.500. The molecule has 3 rings (SSSR count). The number of pyridine rings is 1. The minimum atomic E-state index is -1.47. The topological polar surface area (TPSA) is 113 Å². The maximum atomic E-state index is 14.7. The van der Waals surface area contributed by atoms with Crippen LogP contribution in [0, 0.1) is 0 Å².